The van der Waals surface area contributed by atoms with Crippen LogP contribution in [0.15, 0.2) is 46.9 Å². The van der Waals surface area contributed by atoms with Crippen LogP contribution in [0.4, 0.5) is 4.39 Å². The van der Waals surface area contributed by atoms with E-state index in [2.05, 4.69) is 15.9 Å². The van der Waals surface area contributed by atoms with E-state index in [-0.39, 0.29) is 12.2 Å². The molecule has 0 radical (unpaired) electrons. The van der Waals surface area contributed by atoms with Gasteiger partial charge in [-0.3, -0.25) is 0 Å². The lowest BCUT2D eigenvalue weighted by molar-refractivity contribution is 0.174. The Morgan fingerprint density at radius 3 is 2.75 bits per heavy atom. The molecule has 0 aromatic heterocycles. The van der Waals surface area contributed by atoms with Crippen LogP contribution in [0.5, 0.6) is 0 Å². The van der Waals surface area contributed by atoms with E-state index in [1.165, 1.54) is 6.07 Å². The highest BCUT2D eigenvalue weighted by Gasteiger charge is 2.12. The molecule has 106 valence electrons. The molecule has 0 bridgehead atoms. The molecule has 0 amide bonds. The second kappa shape index (κ2) is 6.97. The van der Waals surface area contributed by atoms with Crippen molar-refractivity contribution in [1.29, 1.82) is 0 Å². The van der Waals surface area contributed by atoms with Crippen molar-refractivity contribution in [2.24, 2.45) is 0 Å². The van der Waals surface area contributed by atoms with Crippen LogP contribution in [0.1, 0.15) is 22.8 Å². The molecule has 0 spiro atoms. The average Bonchev–Trinajstić information content (AvgIpc) is 2.42. The summed E-state index contributed by atoms with van der Waals surface area (Å²) in [5, 5.41) is 10.2. The fourth-order valence-electron chi connectivity index (χ4n) is 2.07. The fraction of sp³-hybridized carbons (Fsp3) is 0.250. The molecule has 0 aliphatic carbocycles. The van der Waals surface area contributed by atoms with Gasteiger partial charge in [-0.15, -0.1) is 0 Å². The second-order valence-corrected chi connectivity index (χ2v) is 5.55. The summed E-state index contributed by atoms with van der Waals surface area (Å²) in [7, 11) is 1.63. The fourth-order valence-corrected chi connectivity index (χ4v) is 2.40. The van der Waals surface area contributed by atoms with Crippen LogP contribution >= 0.6 is 15.9 Å². The van der Waals surface area contributed by atoms with E-state index >= 15 is 0 Å². The number of benzene rings is 2. The van der Waals surface area contributed by atoms with Crippen LogP contribution in [-0.2, 0) is 17.8 Å². The number of hydrogen-bond acceptors (Lipinski definition) is 2. The van der Waals surface area contributed by atoms with Crippen LogP contribution in [0.3, 0.4) is 0 Å². The van der Waals surface area contributed by atoms with E-state index in [1.807, 2.05) is 24.3 Å². The van der Waals surface area contributed by atoms with E-state index in [4.69, 9.17) is 4.74 Å². The van der Waals surface area contributed by atoms with Gasteiger partial charge in [-0.1, -0.05) is 46.3 Å². The van der Waals surface area contributed by atoms with Gasteiger partial charge in [0.25, 0.3) is 0 Å². The number of aliphatic hydroxyl groups is 1. The van der Waals surface area contributed by atoms with E-state index < -0.39 is 6.10 Å². The van der Waals surface area contributed by atoms with Crippen LogP contribution in [0, 0.1) is 5.82 Å². The minimum Gasteiger partial charge on any atom is -0.388 e. The van der Waals surface area contributed by atoms with Crippen molar-refractivity contribution >= 4 is 15.9 Å². The Morgan fingerprint density at radius 1 is 1.25 bits per heavy atom. The summed E-state index contributed by atoms with van der Waals surface area (Å²) in [6, 6.07) is 12.4. The molecule has 2 aromatic carbocycles. The van der Waals surface area contributed by atoms with Gasteiger partial charge in [-0.2, -0.15) is 0 Å². The molecular formula is C16H16BrFO2. The van der Waals surface area contributed by atoms with Crippen molar-refractivity contribution < 1.29 is 14.2 Å². The van der Waals surface area contributed by atoms with Crippen molar-refractivity contribution in [1.82, 2.24) is 0 Å². The second-order valence-electron chi connectivity index (χ2n) is 4.63. The molecule has 4 heteroatoms. The average molecular weight is 339 g/mol. The summed E-state index contributed by atoms with van der Waals surface area (Å²) in [5.41, 5.74) is 2.25. The highest BCUT2D eigenvalue weighted by atomic mass is 79.9. The van der Waals surface area contributed by atoms with Crippen molar-refractivity contribution in [2.75, 3.05) is 7.11 Å². The zero-order valence-electron chi connectivity index (χ0n) is 11.1. The smallest absolute Gasteiger partial charge is 0.127 e. The lowest BCUT2D eigenvalue weighted by atomic mass is 9.99. The summed E-state index contributed by atoms with van der Waals surface area (Å²) >= 11 is 3.22. The molecule has 0 saturated heterocycles. The predicted molar refractivity (Wildman–Crippen MR) is 79.9 cm³/mol. The molecule has 1 N–H and O–H groups in total. The number of halogens is 2. The number of ether oxygens (including phenoxy) is 1. The van der Waals surface area contributed by atoms with Gasteiger partial charge >= 0.3 is 0 Å². The van der Waals surface area contributed by atoms with Crippen molar-refractivity contribution in [3.8, 4) is 0 Å². The Labute approximate surface area is 126 Å². The first-order valence-electron chi connectivity index (χ1n) is 6.30. The molecule has 2 rings (SSSR count). The minimum absolute atomic E-state index is 0.246. The maximum atomic E-state index is 13.8. The molecule has 0 fully saturated rings. The number of rotatable bonds is 5. The molecule has 20 heavy (non-hydrogen) atoms. The summed E-state index contributed by atoms with van der Waals surface area (Å²) in [5.74, 6) is -0.313. The molecule has 2 nitrogen and oxygen atoms in total. The van der Waals surface area contributed by atoms with E-state index in [0.717, 1.165) is 11.1 Å². The van der Waals surface area contributed by atoms with Crippen molar-refractivity contribution in [2.45, 2.75) is 19.1 Å². The van der Waals surface area contributed by atoms with Gasteiger partial charge in [0.2, 0.25) is 0 Å². The summed E-state index contributed by atoms with van der Waals surface area (Å²) in [6.45, 7) is 0.493. The van der Waals surface area contributed by atoms with E-state index in [9.17, 15) is 9.50 Å². The maximum Gasteiger partial charge on any atom is 0.127 e. The molecule has 1 atom stereocenters. The van der Waals surface area contributed by atoms with Gasteiger partial charge in [0.1, 0.15) is 5.82 Å². The first kappa shape index (κ1) is 15.2. The molecule has 0 aliphatic heterocycles. The van der Waals surface area contributed by atoms with E-state index in [1.54, 1.807) is 19.2 Å². The number of hydrogen-bond donors (Lipinski definition) is 1. The zero-order chi connectivity index (χ0) is 14.5. The third-order valence-corrected chi connectivity index (χ3v) is 3.57. The number of aliphatic hydroxyl groups excluding tert-OH is 1. The predicted octanol–water partition coefficient (Wildman–Crippen LogP) is 4.01. The largest absolute Gasteiger partial charge is 0.388 e. The van der Waals surface area contributed by atoms with Gasteiger partial charge < -0.3 is 9.84 Å². The highest BCUT2D eigenvalue weighted by Crippen LogP contribution is 2.23. The Morgan fingerprint density at radius 2 is 2.05 bits per heavy atom. The summed E-state index contributed by atoms with van der Waals surface area (Å²) in [4.78, 5) is 0. The molecule has 0 heterocycles. The molecular weight excluding hydrogens is 323 g/mol. The van der Waals surface area contributed by atoms with Crippen LogP contribution in [0.25, 0.3) is 0 Å². The monoisotopic (exact) mass is 338 g/mol. The Hall–Kier alpha value is -1.23. The quantitative estimate of drug-likeness (QED) is 0.892. The van der Waals surface area contributed by atoms with Crippen LogP contribution in [0.2, 0.25) is 0 Å². The third-order valence-electron chi connectivity index (χ3n) is 3.08. The lowest BCUT2D eigenvalue weighted by Gasteiger charge is -2.13. The lowest BCUT2D eigenvalue weighted by Crippen LogP contribution is -2.04. The van der Waals surface area contributed by atoms with E-state index in [0.29, 0.717) is 16.6 Å². The van der Waals surface area contributed by atoms with Gasteiger partial charge in [0.15, 0.2) is 0 Å². The van der Waals surface area contributed by atoms with Crippen molar-refractivity contribution in [3.63, 3.8) is 0 Å². The summed E-state index contributed by atoms with van der Waals surface area (Å²) in [6.07, 6.45) is -0.488. The third kappa shape index (κ3) is 3.88. The first-order chi connectivity index (χ1) is 9.60. The summed E-state index contributed by atoms with van der Waals surface area (Å²) < 4.78 is 19.5. The Balaban J connectivity index is 2.15. The topological polar surface area (TPSA) is 29.5 Å². The molecule has 0 saturated carbocycles. The molecule has 0 aliphatic rings. The van der Waals surface area contributed by atoms with Gasteiger partial charge in [-0.05, 0) is 28.8 Å². The maximum absolute atomic E-state index is 13.8. The van der Waals surface area contributed by atoms with Crippen LogP contribution in [-0.4, -0.2) is 12.2 Å². The normalized spacial score (nSPS) is 12.4. The molecule has 2 aromatic rings. The van der Waals surface area contributed by atoms with Gasteiger partial charge in [0.05, 0.1) is 12.7 Å². The van der Waals surface area contributed by atoms with Crippen molar-refractivity contribution in [3.05, 3.63) is 69.4 Å². The molecule has 1 unspecified atom stereocenters. The standard InChI is InChI=1S/C16H16BrFO2/c1-20-10-11-3-2-4-13(7-11)16(19)8-12-5-6-14(17)9-15(12)18/h2-7,9,16,19H,8,10H2,1H3. The highest BCUT2D eigenvalue weighted by molar-refractivity contribution is 9.10. The Kier molecular flexibility index (Phi) is 5.29. The Bertz CT molecular complexity index is 586. The van der Waals surface area contributed by atoms with Gasteiger partial charge in [-0.25, -0.2) is 4.39 Å². The van der Waals surface area contributed by atoms with Crippen LogP contribution < -0.4 is 0 Å². The SMILES string of the molecule is COCc1cccc(C(O)Cc2ccc(Br)cc2F)c1. The first-order valence-corrected chi connectivity index (χ1v) is 7.09. The minimum atomic E-state index is -0.734. The number of methoxy groups -OCH3 is 1. The van der Waals surface area contributed by atoms with Gasteiger partial charge in [0, 0.05) is 18.0 Å². The zero-order valence-corrected chi connectivity index (χ0v) is 12.7.